The van der Waals surface area contributed by atoms with E-state index in [1.54, 1.807) is 14.0 Å². The molecule has 1 aromatic rings. The molecule has 2 rings (SSSR count). The Kier molecular flexibility index (Phi) is 7.25. The van der Waals surface area contributed by atoms with Gasteiger partial charge in [-0.15, -0.1) is 0 Å². The van der Waals surface area contributed by atoms with Crippen molar-refractivity contribution >= 4 is 17.9 Å². The third-order valence-corrected chi connectivity index (χ3v) is 4.16. The third-order valence-electron chi connectivity index (χ3n) is 4.16. The molecule has 0 bridgehead atoms. The fraction of sp³-hybridized carbons (Fsp3) is 0.500. The van der Waals surface area contributed by atoms with Crippen LogP contribution < -0.4 is 10.1 Å². The van der Waals surface area contributed by atoms with Crippen molar-refractivity contribution in [2.24, 2.45) is 0 Å². The minimum Gasteiger partial charge on any atom is -0.496 e. The predicted molar refractivity (Wildman–Crippen MR) is 94.9 cm³/mol. The zero-order valence-electron chi connectivity index (χ0n) is 15.2. The Morgan fingerprint density at radius 1 is 1.08 bits per heavy atom. The van der Waals surface area contributed by atoms with Crippen molar-refractivity contribution in [3.05, 3.63) is 29.8 Å². The number of benzene rings is 1. The van der Waals surface area contributed by atoms with E-state index in [4.69, 9.17) is 9.47 Å². The second-order valence-electron chi connectivity index (χ2n) is 5.80. The predicted octanol–water partition coefficient (Wildman–Crippen LogP) is 0.655. The average Bonchev–Trinajstić information content (AvgIpc) is 2.68. The Bertz CT molecular complexity index is 641. The highest BCUT2D eigenvalue weighted by Crippen LogP contribution is 2.17. The van der Waals surface area contributed by atoms with Gasteiger partial charge in [-0.05, 0) is 25.0 Å². The molecule has 0 spiro atoms. The summed E-state index contributed by atoms with van der Waals surface area (Å²) in [6, 6.07) is 7.54. The maximum atomic E-state index is 12.2. The van der Waals surface area contributed by atoms with Crippen molar-refractivity contribution in [2.75, 3.05) is 46.4 Å². The molecular formula is C18H25N3O5. The van der Waals surface area contributed by atoms with Crippen LogP contribution in [0.1, 0.15) is 12.5 Å². The van der Waals surface area contributed by atoms with E-state index in [1.165, 1.54) is 9.80 Å². The summed E-state index contributed by atoms with van der Waals surface area (Å²) in [6.07, 6.45) is 0.181. The first-order valence-electron chi connectivity index (χ1n) is 8.67. The van der Waals surface area contributed by atoms with Gasteiger partial charge in [0.05, 0.1) is 13.7 Å². The first-order chi connectivity index (χ1) is 12.6. The van der Waals surface area contributed by atoms with E-state index in [0.717, 1.165) is 11.3 Å². The summed E-state index contributed by atoms with van der Waals surface area (Å²) >= 11 is 0. The molecule has 1 aliphatic rings. The molecule has 0 aliphatic carbocycles. The monoisotopic (exact) mass is 363 g/mol. The fourth-order valence-electron chi connectivity index (χ4n) is 2.75. The van der Waals surface area contributed by atoms with Gasteiger partial charge >= 0.3 is 17.9 Å². The van der Waals surface area contributed by atoms with Crippen LogP contribution in [0.15, 0.2) is 24.3 Å². The zero-order valence-corrected chi connectivity index (χ0v) is 15.2. The number of carbonyl (C=O) groups is 3. The summed E-state index contributed by atoms with van der Waals surface area (Å²) < 4.78 is 10.2. The number of amides is 3. The largest absolute Gasteiger partial charge is 0.496 e. The number of hydrogen-bond donors (Lipinski definition) is 1. The van der Waals surface area contributed by atoms with Crippen molar-refractivity contribution in [1.29, 1.82) is 0 Å². The van der Waals surface area contributed by atoms with E-state index in [1.807, 2.05) is 24.3 Å². The second kappa shape index (κ2) is 9.65. The summed E-state index contributed by atoms with van der Waals surface area (Å²) in [4.78, 5) is 38.9. The van der Waals surface area contributed by atoms with E-state index in [2.05, 4.69) is 5.32 Å². The van der Waals surface area contributed by atoms with E-state index >= 15 is 0 Å². The van der Waals surface area contributed by atoms with E-state index in [-0.39, 0.29) is 6.09 Å². The molecule has 8 heteroatoms. The minimum atomic E-state index is -0.635. The summed E-state index contributed by atoms with van der Waals surface area (Å²) in [6.45, 7) is 3.75. The van der Waals surface area contributed by atoms with Crippen LogP contribution in [-0.4, -0.2) is 74.1 Å². The fourth-order valence-corrected chi connectivity index (χ4v) is 2.75. The van der Waals surface area contributed by atoms with Crippen LogP contribution in [0.5, 0.6) is 5.75 Å². The van der Waals surface area contributed by atoms with E-state index in [9.17, 15) is 14.4 Å². The Morgan fingerprint density at radius 2 is 1.73 bits per heavy atom. The molecule has 1 aliphatic heterocycles. The molecule has 26 heavy (non-hydrogen) atoms. The highest BCUT2D eigenvalue weighted by molar-refractivity contribution is 6.35. The quantitative estimate of drug-likeness (QED) is 0.776. The van der Waals surface area contributed by atoms with Crippen molar-refractivity contribution in [3.8, 4) is 5.75 Å². The third kappa shape index (κ3) is 5.11. The maximum Gasteiger partial charge on any atom is 0.409 e. The lowest BCUT2D eigenvalue weighted by atomic mass is 10.1. The van der Waals surface area contributed by atoms with Gasteiger partial charge in [0, 0.05) is 32.7 Å². The number of ether oxygens (including phenoxy) is 2. The molecule has 1 heterocycles. The lowest BCUT2D eigenvalue weighted by Gasteiger charge is -2.33. The summed E-state index contributed by atoms with van der Waals surface area (Å²) in [5.74, 6) is -0.457. The number of piperazine rings is 1. The molecule has 0 radical (unpaired) electrons. The molecule has 1 N–H and O–H groups in total. The van der Waals surface area contributed by atoms with Crippen LogP contribution in [0, 0.1) is 0 Å². The minimum absolute atomic E-state index is 0.312. The van der Waals surface area contributed by atoms with Gasteiger partial charge in [-0.25, -0.2) is 4.79 Å². The standard InChI is InChI=1S/C18H25N3O5/c1-3-26-18(24)21-12-10-20(11-13-21)17(23)16(22)19-9-8-14-6-4-5-7-15(14)25-2/h4-7H,3,8-13H2,1-2H3,(H,19,22). The number of nitrogens with one attached hydrogen (secondary N) is 1. The van der Waals surface area contributed by atoms with Gasteiger partial charge in [0.25, 0.3) is 0 Å². The molecular weight excluding hydrogens is 338 g/mol. The number of carbonyl (C=O) groups excluding carboxylic acids is 3. The van der Waals surface area contributed by atoms with Crippen LogP contribution >= 0.6 is 0 Å². The van der Waals surface area contributed by atoms with Crippen molar-refractivity contribution in [2.45, 2.75) is 13.3 Å². The highest BCUT2D eigenvalue weighted by Gasteiger charge is 2.28. The molecule has 8 nitrogen and oxygen atoms in total. The van der Waals surface area contributed by atoms with Crippen LogP contribution in [0.4, 0.5) is 4.79 Å². The lowest BCUT2D eigenvalue weighted by Crippen LogP contribution is -2.54. The second-order valence-corrected chi connectivity index (χ2v) is 5.80. The van der Waals surface area contributed by atoms with E-state index in [0.29, 0.717) is 45.8 Å². The number of para-hydroxylation sites is 1. The summed E-state index contributed by atoms with van der Waals surface area (Å²) in [5.41, 5.74) is 0.964. The highest BCUT2D eigenvalue weighted by atomic mass is 16.6. The number of hydrogen-bond acceptors (Lipinski definition) is 5. The topological polar surface area (TPSA) is 88.2 Å². The Labute approximate surface area is 153 Å². The Hall–Kier alpha value is -2.77. The molecule has 0 atom stereocenters. The first-order valence-corrected chi connectivity index (χ1v) is 8.67. The molecule has 0 aromatic heterocycles. The number of methoxy groups -OCH3 is 1. The normalized spacial score (nSPS) is 13.9. The average molecular weight is 363 g/mol. The van der Waals surface area contributed by atoms with Gasteiger partial charge in [-0.2, -0.15) is 0 Å². The van der Waals surface area contributed by atoms with Gasteiger partial charge in [0.15, 0.2) is 0 Å². The van der Waals surface area contributed by atoms with Gasteiger partial charge in [0.1, 0.15) is 5.75 Å². The molecule has 3 amide bonds. The van der Waals surface area contributed by atoms with Crippen LogP contribution in [-0.2, 0) is 20.7 Å². The Morgan fingerprint density at radius 3 is 2.38 bits per heavy atom. The van der Waals surface area contributed by atoms with Crippen molar-refractivity contribution in [3.63, 3.8) is 0 Å². The van der Waals surface area contributed by atoms with Crippen LogP contribution in [0.25, 0.3) is 0 Å². The number of rotatable bonds is 5. The maximum absolute atomic E-state index is 12.2. The molecule has 1 saturated heterocycles. The van der Waals surface area contributed by atoms with E-state index < -0.39 is 11.8 Å². The van der Waals surface area contributed by atoms with Gasteiger partial charge < -0.3 is 24.6 Å². The lowest BCUT2D eigenvalue weighted by molar-refractivity contribution is -0.146. The van der Waals surface area contributed by atoms with Gasteiger partial charge in [-0.1, -0.05) is 18.2 Å². The summed E-state index contributed by atoms with van der Waals surface area (Å²) in [7, 11) is 1.59. The molecule has 0 saturated carbocycles. The van der Waals surface area contributed by atoms with Crippen LogP contribution in [0.3, 0.4) is 0 Å². The van der Waals surface area contributed by atoms with Gasteiger partial charge in [-0.3, -0.25) is 9.59 Å². The molecule has 1 fully saturated rings. The van der Waals surface area contributed by atoms with Crippen molar-refractivity contribution in [1.82, 2.24) is 15.1 Å². The van der Waals surface area contributed by atoms with Gasteiger partial charge in [0.2, 0.25) is 0 Å². The van der Waals surface area contributed by atoms with Crippen LogP contribution in [0.2, 0.25) is 0 Å². The molecule has 0 unspecified atom stereocenters. The smallest absolute Gasteiger partial charge is 0.409 e. The SMILES string of the molecule is CCOC(=O)N1CCN(C(=O)C(=O)NCCc2ccccc2OC)CC1. The number of nitrogens with zero attached hydrogens (tertiary/aromatic N) is 2. The first kappa shape index (κ1) is 19.6. The molecule has 142 valence electrons. The Balaban J connectivity index is 1.76. The van der Waals surface area contributed by atoms with Crippen molar-refractivity contribution < 1.29 is 23.9 Å². The summed E-state index contributed by atoms with van der Waals surface area (Å²) in [5, 5.41) is 2.64. The zero-order chi connectivity index (χ0) is 18.9. The molecule has 1 aromatic carbocycles.